The molecule has 0 saturated carbocycles. The summed E-state index contributed by atoms with van der Waals surface area (Å²) >= 11 is 0. The third-order valence-electron chi connectivity index (χ3n) is 2.36. The Hall–Kier alpha value is -1.61. The highest BCUT2D eigenvalue weighted by Gasteiger charge is 1.96. The van der Waals surface area contributed by atoms with E-state index in [2.05, 4.69) is 29.2 Å². The van der Waals surface area contributed by atoms with Gasteiger partial charge in [0.05, 0.1) is 6.33 Å². The predicted molar refractivity (Wildman–Crippen MR) is 59.0 cm³/mol. The predicted octanol–water partition coefficient (Wildman–Crippen LogP) is 1.80. The Labute approximate surface area is 89.0 Å². The fraction of sp³-hybridized carbons (Fsp3) is 0.250. The molecule has 2 rings (SSSR count). The van der Waals surface area contributed by atoms with Crippen molar-refractivity contribution in [1.29, 1.82) is 0 Å². The molecule has 0 amide bonds. The van der Waals surface area contributed by atoms with Crippen molar-refractivity contribution in [1.82, 2.24) is 9.55 Å². The molecule has 0 saturated heterocycles. The minimum absolute atomic E-state index is 0.253. The molecule has 78 valence electrons. The van der Waals surface area contributed by atoms with Crippen molar-refractivity contribution in [3.63, 3.8) is 0 Å². The highest BCUT2D eigenvalue weighted by Crippen LogP contribution is 2.10. The molecule has 1 heterocycles. The van der Waals surface area contributed by atoms with E-state index in [4.69, 9.17) is 5.11 Å². The van der Waals surface area contributed by atoms with E-state index in [9.17, 15) is 0 Å². The van der Waals surface area contributed by atoms with Crippen LogP contribution in [0.5, 0.6) is 0 Å². The molecule has 2 aromatic rings. The van der Waals surface area contributed by atoms with E-state index in [1.807, 2.05) is 10.8 Å². The summed E-state index contributed by atoms with van der Waals surface area (Å²) in [4.78, 5) is 4.00. The molecule has 1 N–H and O–H groups in total. The van der Waals surface area contributed by atoms with Crippen LogP contribution in [-0.4, -0.2) is 21.3 Å². The van der Waals surface area contributed by atoms with Crippen molar-refractivity contribution >= 4 is 0 Å². The van der Waals surface area contributed by atoms with Crippen LogP contribution in [0.3, 0.4) is 0 Å². The summed E-state index contributed by atoms with van der Waals surface area (Å²) in [5.74, 6) is 0. The van der Waals surface area contributed by atoms with Gasteiger partial charge in [-0.05, 0) is 30.5 Å². The lowest BCUT2D eigenvalue weighted by molar-refractivity contribution is 0.288. The average Bonchev–Trinajstić information content (AvgIpc) is 2.80. The van der Waals surface area contributed by atoms with Gasteiger partial charge >= 0.3 is 0 Å². The van der Waals surface area contributed by atoms with Crippen LogP contribution in [0.1, 0.15) is 12.0 Å². The second kappa shape index (κ2) is 4.75. The number of hydrogen-bond acceptors (Lipinski definition) is 2. The SMILES string of the molecule is OCCCc1ccc(-n2ccnc2)cc1. The fourth-order valence-electron chi connectivity index (χ4n) is 1.53. The summed E-state index contributed by atoms with van der Waals surface area (Å²) < 4.78 is 1.97. The molecular weight excluding hydrogens is 188 g/mol. The van der Waals surface area contributed by atoms with Gasteiger partial charge < -0.3 is 9.67 Å². The van der Waals surface area contributed by atoms with E-state index < -0.39 is 0 Å². The highest BCUT2D eigenvalue weighted by molar-refractivity contribution is 5.34. The van der Waals surface area contributed by atoms with Crippen LogP contribution in [0.25, 0.3) is 5.69 Å². The van der Waals surface area contributed by atoms with Crippen LogP contribution in [-0.2, 0) is 6.42 Å². The molecule has 3 nitrogen and oxygen atoms in total. The highest BCUT2D eigenvalue weighted by atomic mass is 16.2. The van der Waals surface area contributed by atoms with E-state index >= 15 is 0 Å². The second-order valence-corrected chi connectivity index (χ2v) is 3.46. The van der Waals surface area contributed by atoms with Crippen molar-refractivity contribution in [2.75, 3.05) is 6.61 Å². The third kappa shape index (κ3) is 2.44. The second-order valence-electron chi connectivity index (χ2n) is 3.46. The van der Waals surface area contributed by atoms with Crippen molar-refractivity contribution in [2.45, 2.75) is 12.8 Å². The van der Waals surface area contributed by atoms with Crippen molar-refractivity contribution in [2.24, 2.45) is 0 Å². The van der Waals surface area contributed by atoms with E-state index in [0.29, 0.717) is 0 Å². The van der Waals surface area contributed by atoms with Gasteiger partial charge in [0, 0.05) is 24.7 Å². The van der Waals surface area contributed by atoms with E-state index in [1.165, 1.54) is 5.56 Å². The number of nitrogens with zero attached hydrogens (tertiary/aromatic N) is 2. The molecule has 0 atom stereocenters. The zero-order chi connectivity index (χ0) is 10.5. The van der Waals surface area contributed by atoms with Crippen LogP contribution in [0.4, 0.5) is 0 Å². The Balaban J connectivity index is 2.11. The first-order valence-electron chi connectivity index (χ1n) is 5.08. The molecular formula is C12H14N2O. The zero-order valence-electron chi connectivity index (χ0n) is 8.50. The minimum Gasteiger partial charge on any atom is -0.396 e. The number of rotatable bonds is 4. The Bertz CT molecular complexity index is 392. The van der Waals surface area contributed by atoms with Crippen LogP contribution in [0, 0.1) is 0 Å². The Kier molecular flexibility index (Phi) is 3.15. The normalized spacial score (nSPS) is 10.5. The lowest BCUT2D eigenvalue weighted by atomic mass is 10.1. The van der Waals surface area contributed by atoms with Gasteiger partial charge in [-0.25, -0.2) is 4.98 Å². The number of benzene rings is 1. The zero-order valence-corrected chi connectivity index (χ0v) is 8.50. The van der Waals surface area contributed by atoms with Crippen molar-refractivity contribution in [3.8, 4) is 5.69 Å². The summed E-state index contributed by atoms with van der Waals surface area (Å²) in [6.45, 7) is 0.253. The Morgan fingerprint density at radius 3 is 2.60 bits per heavy atom. The van der Waals surface area contributed by atoms with E-state index in [1.54, 1.807) is 12.5 Å². The van der Waals surface area contributed by atoms with Gasteiger partial charge in [0.2, 0.25) is 0 Å². The monoisotopic (exact) mass is 202 g/mol. The minimum atomic E-state index is 0.253. The number of aryl methyl sites for hydroxylation is 1. The maximum atomic E-state index is 8.72. The maximum Gasteiger partial charge on any atom is 0.0991 e. The molecule has 0 radical (unpaired) electrons. The Morgan fingerprint density at radius 2 is 2.00 bits per heavy atom. The lowest BCUT2D eigenvalue weighted by Gasteiger charge is -2.03. The van der Waals surface area contributed by atoms with E-state index in [0.717, 1.165) is 18.5 Å². The quantitative estimate of drug-likeness (QED) is 0.821. The third-order valence-corrected chi connectivity index (χ3v) is 2.36. The molecule has 0 bridgehead atoms. The first-order chi connectivity index (χ1) is 7.40. The summed E-state index contributed by atoms with van der Waals surface area (Å²) in [6.07, 6.45) is 7.22. The van der Waals surface area contributed by atoms with Crippen LogP contribution in [0.2, 0.25) is 0 Å². The molecule has 1 aromatic heterocycles. The number of aliphatic hydroxyl groups excluding tert-OH is 1. The standard InChI is InChI=1S/C12H14N2O/c15-9-1-2-11-3-5-12(6-4-11)14-8-7-13-10-14/h3-8,10,15H,1-2,9H2. The molecule has 15 heavy (non-hydrogen) atoms. The van der Waals surface area contributed by atoms with Crippen LogP contribution in [0.15, 0.2) is 43.0 Å². The largest absolute Gasteiger partial charge is 0.396 e. The van der Waals surface area contributed by atoms with Gasteiger partial charge in [-0.2, -0.15) is 0 Å². The average molecular weight is 202 g/mol. The van der Waals surface area contributed by atoms with Gasteiger partial charge in [-0.15, -0.1) is 0 Å². The molecule has 0 unspecified atom stereocenters. The van der Waals surface area contributed by atoms with Gasteiger partial charge in [0.15, 0.2) is 0 Å². The van der Waals surface area contributed by atoms with Gasteiger partial charge in [0.1, 0.15) is 0 Å². The smallest absolute Gasteiger partial charge is 0.0991 e. The number of hydrogen-bond donors (Lipinski definition) is 1. The molecule has 0 aliphatic carbocycles. The summed E-state index contributed by atoms with van der Waals surface area (Å²) in [5.41, 5.74) is 2.37. The fourth-order valence-corrected chi connectivity index (χ4v) is 1.53. The summed E-state index contributed by atoms with van der Waals surface area (Å²) in [7, 11) is 0. The lowest BCUT2D eigenvalue weighted by Crippen LogP contribution is -1.92. The topological polar surface area (TPSA) is 38.0 Å². The number of aliphatic hydroxyl groups is 1. The van der Waals surface area contributed by atoms with Gasteiger partial charge in [0.25, 0.3) is 0 Å². The van der Waals surface area contributed by atoms with Crippen LogP contribution >= 0.6 is 0 Å². The Morgan fingerprint density at radius 1 is 1.20 bits per heavy atom. The molecule has 3 heteroatoms. The number of aromatic nitrogens is 2. The first-order valence-corrected chi connectivity index (χ1v) is 5.08. The van der Waals surface area contributed by atoms with Crippen LogP contribution < -0.4 is 0 Å². The number of imidazole rings is 1. The maximum absolute atomic E-state index is 8.72. The van der Waals surface area contributed by atoms with Crippen molar-refractivity contribution in [3.05, 3.63) is 48.5 Å². The molecule has 0 aliphatic heterocycles. The first kappa shape index (κ1) is 9.93. The van der Waals surface area contributed by atoms with E-state index in [-0.39, 0.29) is 6.61 Å². The molecule has 0 spiro atoms. The van der Waals surface area contributed by atoms with Gasteiger partial charge in [-0.3, -0.25) is 0 Å². The summed E-state index contributed by atoms with van der Waals surface area (Å²) in [5, 5.41) is 8.72. The van der Waals surface area contributed by atoms with Crippen molar-refractivity contribution < 1.29 is 5.11 Å². The molecule has 1 aromatic carbocycles. The molecule has 0 fully saturated rings. The summed E-state index contributed by atoms with van der Waals surface area (Å²) in [6, 6.07) is 8.30. The van der Waals surface area contributed by atoms with Gasteiger partial charge in [-0.1, -0.05) is 12.1 Å². The molecule has 0 aliphatic rings.